The van der Waals surface area contributed by atoms with Crippen molar-refractivity contribution in [3.8, 4) is 11.5 Å². The van der Waals surface area contributed by atoms with Crippen molar-refractivity contribution in [2.75, 3.05) is 18.5 Å². The highest BCUT2D eigenvalue weighted by atomic mass is 16.5. The Bertz CT molecular complexity index is 1020. The van der Waals surface area contributed by atoms with Crippen LogP contribution in [0, 0.1) is 0 Å². The van der Waals surface area contributed by atoms with Crippen molar-refractivity contribution in [2.45, 2.75) is 32.1 Å². The standard InChI is InChI=1S/C22H22N2O3/c25-22(23-14-9-10-19-20(13-14)27-12-4-11-26-19)17-7-3-6-16-15-5-1-2-8-18(15)24-21(16)17/h3,6-7,9-10,13,24H,1-2,4-5,8,11-12H2,(H,23,25). The van der Waals surface area contributed by atoms with Crippen LogP contribution in [0.15, 0.2) is 36.4 Å². The predicted octanol–water partition coefficient (Wildman–Crippen LogP) is 4.46. The smallest absolute Gasteiger partial charge is 0.257 e. The molecular formula is C22H22N2O3. The third kappa shape index (κ3) is 2.93. The number of amides is 1. The maximum atomic E-state index is 13.0. The summed E-state index contributed by atoms with van der Waals surface area (Å²) in [5.41, 5.74) is 4.98. The molecule has 0 spiro atoms. The minimum Gasteiger partial charge on any atom is -0.490 e. The van der Waals surface area contributed by atoms with Crippen LogP contribution >= 0.6 is 0 Å². The van der Waals surface area contributed by atoms with E-state index in [1.807, 2.05) is 30.3 Å². The average Bonchev–Trinajstić information content (AvgIpc) is 2.91. The Labute approximate surface area is 157 Å². The number of H-pyrrole nitrogens is 1. The molecule has 5 nitrogen and oxygen atoms in total. The number of benzene rings is 2. The summed E-state index contributed by atoms with van der Waals surface area (Å²) in [7, 11) is 0. The second-order valence-corrected chi connectivity index (χ2v) is 7.18. The van der Waals surface area contributed by atoms with Crippen molar-refractivity contribution < 1.29 is 14.3 Å². The minimum absolute atomic E-state index is 0.117. The Kier molecular flexibility index (Phi) is 4.00. The first-order valence-electron chi connectivity index (χ1n) is 9.63. The maximum Gasteiger partial charge on any atom is 0.257 e. The molecule has 2 N–H and O–H groups in total. The number of ether oxygens (including phenoxy) is 2. The zero-order valence-electron chi connectivity index (χ0n) is 15.1. The molecule has 1 amide bonds. The fourth-order valence-electron chi connectivity index (χ4n) is 4.06. The summed E-state index contributed by atoms with van der Waals surface area (Å²) in [4.78, 5) is 16.5. The Morgan fingerprint density at radius 1 is 0.963 bits per heavy atom. The van der Waals surface area contributed by atoms with Gasteiger partial charge in [0.25, 0.3) is 5.91 Å². The van der Waals surface area contributed by atoms with E-state index in [1.165, 1.54) is 29.5 Å². The molecule has 0 fully saturated rings. The van der Waals surface area contributed by atoms with Crippen molar-refractivity contribution in [2.24, 2.45) is 0 Å². The van der Waals surface area contributed by atoms with Crippen LogP contribution in [-0.2, 0) is 12.8 Å². The van der Waals surface area contributed by atoms with Gasteiger partial charge in [0.1, 0.15) is 0 Å². The van der Waals surface area contributed by atoms with Crippen molar-refractivity contribution in [1.82, 2.24) is 4.98 Å². The molecule has 2 aromatic carbocycles. The molecule has 0 saturated carbocycles. The predicted molar refractivity (Wildman–Crippen MR) is 105 cm³/mol. The topological polar surface area (TPSA) is 63.4 Å². The van der Waals surface area contributed by atoms with Crippen LogP contribution in [-0.4, -0.2) is 24.1 Å². The Morgan fingerprint density at radius 3 is 2.74 bits per heavy atom. The molecule has 0 bridgehead atoms. The molecule has 5 rings (SSSR count). The van der Waals surface area contributed by atoms with E-state index in [-0.39, 0.29) is 5.91 Å². The maximum absolute atomic E-state index is 13.0. The summed E-state index contributed by atoms with van der Waals surface area (Å²) in [5, 5.41) is 4.18. The highest BCUT2D eigenvalue weighted by Crippen LogP contribution is 2.33. The van der Waals surface area contributed by atoms with Crippen molar-refractivity contribution in [3.05, 3.63) is 53.2 Å². The number of para-hydroxylation sites is 1. The van der Waals surface area contributed by atoms with E-state index in [2.05, 4.69) is 16.4 Å². The lowest BCUT2D eigenvalue weighted by Crippen LogP contribution is -2.12. The molecule has 138 valence electrons. The first-order chi connectivity index (χ1) is 13.3. The lowest BCUT2D eigenvalue weighted by Gasteiger charge is -2.11. The summed E-state index contributed by atoms with van der Waals surface area (Å²) < 4.78 is 11.4. The van der Waals surface area contributed by atoms with Gasteiger partial charge in [-0.05, 0) is 49.4 Å². The van der Waals surface area contributed by atoms with Gasteiger partial charge in [0.05, 0.1) is 24.3 Å². The molecule has 3 aromatic rings. The number of nitrogens with one attached hydrogen (secondary N) is 2. The number of hydrogen-bond acceptors (Lipinski definition) is 3. The normalized spacial score (nSPS) is 15.9. The minimum atomic E-state index is -0.117. The van der Waals surface area contributed by atoms with E-state index in [9.17, 15) is 4.79 Å². The third-order valence-corrected chi connectivity index (χ3v) is 5.38. The largest absolute Gasteiger partial charge is 0.490 e. The number of aromatic nitrogens is 1. The zero-order valence-corrected chi connectivity index (χ0v) is 15.1. The van der Waals surface area contributed by atoms with Gasteiger partial charge in [0.15, 0.2) is 11.5 Å². The molecule has 0 unspecified atom stereocenters. The molecule has 1 aliphatic carbocycles. The average molecular weight is 362 g/mol. The Balaban J connectivity index is 1.46. The number of anilines is 1. The second-order valence-electron chi connectivity index (χ2n) is 7.18. The first kappa shape index (κ1) is 16.2. The van der Waals surface area contributed by atoms with Crippen LogP contribution in [0.2, 0.25) is 0 Å². The van der Waals surface area contributed by atoms with Crippen molar-refractivity contribution in [1.29, 1.82) is 0 Å². The molecule has 0 saturated heterocycles. The highest BCUT2D eigenvalue weighted by molar-refractivity contribution is 6.12. The van der Waals surface area contributed by atoms with Gasteiger partial charge in [-0.25, -0.2) is 0 Å². The molecule has 0 radical (unpaired) electrons. The van der Waals surface area contributed by atoms with Gasteiger partial charge < -0.3 is 19.8 Å². The lowest BCUT2D eigenvalue weighted by molar-refractivity contribution is 0.102. The molecule has 1 aromatic heterocycles. The number of aryl methyl sites for hydroxylation is 2. The fourth-order valence-corrected chi connectivity index (χ4v) is 4.06. The molecule has 5 heteroatoms. The van der Waals surface area contributed by atoms with Gasteiger partial charge in [-0.1, -0.05) is 12.1 Å². The molecule has 2 aliphatic rings. The van der Waals surface area contributed by atoms with Crippen LogP contribution in [0.1, 0.15) is 40.9 Å². The number of aromatic amines is 1. The van der Waals surface area contributed by atoms with Gasteiger partial charge >= 0.3 is 0 Å². The van der Waals surface area contributed by atoms with E-state index < -0.39 is 0 Å². The summed E-state index contributed by atoms with van der Waals surface area (Å²) in [6.45, 7) is 1.27. The number of carbonyl (C=O) groups excluding carboxylic acids is 1. The molecular weight excluding hydrogens is 340 g/mol. The number of carbonyl (C=O) groups is 1. The van der Waals surface area contributed by atoms with Gasteiger partial charge in [-0.3, -0.25) is 4.79 Å². The summed E-state index contributed by atoms with van der Waals surface area (Å²) >= 11 is 0. The Morgan fingerprint density at radius 2 is 1.81 bits per heavy atom. The SMILES string of the molecule is O=C(Nc1ccc2c(c1)OCCCO2)c1cccc2c3c([nH]c12)CCCC3. The fraction of sp³-hybridized carbons (Fsp3) is 0.318. The molecule has 1 aliphatic heterocycles. The van der Waals surface area contributed by atoms with Crippen LogP contribution in [0.25, 0.3) is 10.9 Å². The lowest BCUT2D eigenvalue weighted by atomic mass is 9.95. The summed E-state index contributed by atoms with van der Waals surface area (Å²) in [6.07, 6.45) is 5.43. The van der Waals surface area contributed by atoms with E-state index in [1.54, 1.807) is 0 Å². The number of rotatable bonds is 2. The van der Waals surface area contributed by atoms with Gasteiger partial charge in [0.2, 0.25) is 0 Å². The van der Waals surface area contributed by atoms with E-state index in [0.29, 0.717) is 30.2 Å². The zero-order chi connectivity index (χ0) is 18.2. The quantitative estimate of drug-likeness (QED) is 0.707. The Hall–Kier alpha value is -2.95. The van der Waals surface area contributed by atoms with Gasteiger partial charge in [-0.15, -0.1) is 0 Å². The van der Waals surface area contributed by atoms with Crippen LogP contribution in [0.5, 0.6) is 11.5 Å². The number of fused-ring (bicyclic) bond motifs is 4. The van der Waals surface area contributed by atoms with Gasteiger partial charge in [0, 0.05) is 29.3 Å². The van der Waals surface area contributed by atoms with Gasteiger partial charge in [-0.2, -0.15) is 0 Å². The molecule has 2 heterocycles. The van der Waals surface area contributed by atoms with Crippen LogP contribution < -0.4 is 14.8 Å². The highest BCUT2D eigenvalue weighted by Gasteiger charge is 2.20. The second kappa shape index (κ2) is 6.65. The van der Waals surface area contributed by atoms with E-state index in [4.69, 9.17) is 9.47 Å². The summed E-state index contributed by atoms with van der Waals surface area (Å²) in [5.74, 6) is 1.29. The van der Waals surface area contributed by atoms with Crippen molar-refractivity contribution >= 4 is 22.5 Å². The third-order valence-electron chi connectivity index (χ3n) is 5.38. The van der Waals surface area contributed by atoms with E-state index in [0.717, 1.165) is 30.5 Å². The van der Waals surface area contributed by atoms with Crippen LogP contribution in [0.4, 0.5) is 5.69 Å². The number of hydrogen-bond donors (Lipinski definition) is 2. The summed E-state index contributed by atoms with van der Waals surface area (Å²) in [6, 6.07) is 11.5. The first-order valence-corrected chi connectivity index (χ1v) is 9.63. The van der Waals surface area contributed by atoms with Crippen molar-refractivity contribution in [3.63, 3.8) is 0 Å². The molecule has 27 heavy (non-hydrogen) atoms. The monoisotopic (exact) mass is 362 g/mol. The van der Waals surface area contributed by atoms with E-state index >= 15 is 0 Å². The molecule has 0 atom stereocenters. The van der Waals surface area contributed by atoms with Crippen LogP contribution in [0.3, 0.4) is 0 Å².